The van der Waals surface area contributed by atoms with Gasteiger partial charge in [-0.15, -0.1) is 0 Å². The van der Waals surface area contributed by atoms with Crippen LogP contribution in [0, 0.1) is 22.7 Å². The average molecular weight is 689 g/mol. The molecule has 0 N–H and O–H groups in total. The summed E-state index contributed by atoms with van der Waals surface area (Å²) in [5.74, 6) is -3.84. The van der Waals surface area contributed by atoms with E-state index in [9.17, 15) is 29.7 Å². The van der Waals surface area contributed by atoms with Gasteiger partial charge in [0.1, 0.15) is 34.3 Å². The van der Waals surface area contributed by atoms with E-state index in [-0.39, 0.29) is 44.2 Å². The highest BCUT2D eigenvalue weighted by atomic mass is 35.5. The number of nitriles is 2. The van der Waals surface area contributed by atoms with Gasteiger partial charge >= 0.3 is 0 Å². The lowest BCUT2D eigenvalue weighted by molar-refractivity contribution is -0.140. The Morgan fingerprint density at radius 1 is 0.653 bits per heavy atom. The molecule has 4 heterocycles. The molecule has 2 aliphatic heterocycles. The topological polar surface area (TPSA) is 186 Å². The Bertz CT molecular complexity index is 2310. The van der Waals surface area contributed by atoms with Crippen LogP contribution in [0.2, 0.25) is 10.0 Å². The Morgan fingerprint density at radius 2 is 1.02 bits per heavy atom. The molecule has 0 unspecified atom stereocenters. The highest BCUT2D eigenvalue weighted by molar-refractivity contribution is 6.32. The maximum absolute atomic E-state index is 14.0. The summed E-state index contributed by atoms with van der Waals surface area (Å²) < 4.78 is 6.19. The average Bonchev–Trinajstić information content (AvgIpc) is 3.45. The first-order valence-electron chi connectivity index (χ1n) is 14.1. The highest BCUT2D eigenvalue weighted by Crippen LogP contribution is 2.28. The molecule has 0 fully saturated rings. The van der Waals surface area contributed by atoms with E-state index in [1.807, 2.05) is 12.1 Å². The molecule has 2 aromatic heterocycles. The number of hydrazone groups is 2. The van der Waals surface area contributed by atoms with Crippen molar-refractivity contribution in [1.82, 2.24) is 20.0 Å². The van der Waals surface area contributed by atoms with Crippen LogP contribution in [0.4, 0.5) is 0 Å². The zero-order valence-electron chi connectivity index (χ0n) is 25.3. The molecular weight excluding hydrogens is 671 g/mol. The summed E-state index contributed by atoms with van der Waals surface area (Å²) in [4.78, 5) is 63.0. The van der Waals surface area contributed by atoms with Crippen molar-refractivity contribution < 1.29 is 23.6 Å². The number of rotatable bonds is 4. The molecule has 13 nitrogen and oxygen atoms in total. The van der Waals surface area contributed by atoms with Crippen molar-refractivity contribution in [3.05, 3.63) is 115 Å². The maximum atomic E-state index is 14.0. The van der Waals surface area contributed by atoms with Crippen LogP contribution in [0.25, 0.3) is 22.2 Å². The highest BCUT2D eigenvalue weighted by Gasteiger charge is 2.40. The minimum Gasteiger partial charge on any atom is -0.451 e. The number of hydrogen-bond donors (Lipinski definition) is 0. The predicted molar refractivity (Wildman–Crippen MR) is 176 cm³/mol. The van der Waals surface area contributed by atoms with Crippen molar-refractivity contribution in [3.8, 4) is 12.1 Å². The molecule has 2 aliphatic rings. The van der Waals surface area contributed by atoms with Crippen molar-refractivity contribution in [2.45, 2.75) is 13.8 Å². The maximum Gasteiger partial charge on any atom is 0.292 e. The van der Waals surface area contributed by atoms with E-state index in [4.69, 9.17) is 27.6 Å². The molecule has 6 rings (SSSR count). The van der Waals surface area contributed by atoms with Crippen LogP contribution in [0.3, 0.4) is 0 Å². The summed E-state index contributed by atoms with van der Waals surface area (Å²) >= 11 is 11.9. The van der Waals surface area contributed by atoms with Gasteiger partial charge in [-0.3, -0.25) is 19.2 Å². The number of aromatic nitrogens is 2. The van der Waals surface area contributed by atoms with E-state index in [1.165, 1.54) is 38.7 Å². The molecule has 0 spiro atoms. The van der Waals surface area contributed by atoms with Crippen LogP contribution in [0.15, 0.2) is 97.8 Å². The summed E-state index contributed by atoms with van der Waals surface area (Å²) in [5, 5.41) is 29.9. The first-order valence-corrected chi connectivity index (χ1v) is 14.9. The molecule has 2 aromatic carbocycles. The minimum atomic E-state index is -0.969. The van der Waals surface area contributed by atoms with Gasteiger partial charge in [0.15, 0.2) is 10.8 Å². The Labute approximate surface area is 286 Å². The lowest BCUT2D eigenvalue weighted by Gasteiger charge is -2.22. The number of carbonyl (C=O) groups excluding carboxylic acids is 4. The first kappa shape index (κ1) is 32.4. The van der Waals surface area contributed by atoms with E-state index >= 15 is 0 Å². The van der Waals surface area contributed by atoms with E-state index in [0.29, 0.717) is 31.2 Å². The van der Waals surface area contributed by atoms with Gasteiger partial charge in [0.05, 0.1) is 23.6 Å². The van der Waals surface area contributed by atoms with Crippen LogP contribution in [-0.4, -0.2) is 56.0 Å². The summed E-state index contributed by atoms with van der Waals surface area (Å²) in [6, 6.07) is 16.5. The third-order valence-electron chi connectivity index (χ3n) is 7.52. The summed E-state index contributed by atoms with van der Waals surface area (Å²) in [5.41, 5.74) is -0.800. The summed E-state index contributed by atoms with van der Waals surface area (Å²) in [7, 11) is 0. The summed E-state index contributed by atoms with van der Waals surface area (Å²) in [6.45, 7) is 2.77. The number of carbonyl (C=O) groups is 4. The fourth-order valence-electron chi connectivity index (χ4n) is 5.06. The van der Waals surface area contributed by atoms with E-state index in [2.05, 4.69) is 20.2 Å². The van der Waals surface area contributed by atoms with Gasteiger partial charge in [-0.1, -0.05) is 47.5 Å². The lowest BCUT2D eigenvalue weighted by Crippen LogP contribution is -2.41. The quantitative estimate of drug-likeness (QED) is 0.229. The largest absolute Gasteiger partial charge is 0.451 e. The molecule has 0 aliphatic carbocycles. The third-order valence-corrected chi connectivity index (χ3v) is 8.02. The van der Waals surface area contributed by atoms with Crippen LogP contribution in [0.1, 0.15) is 25.0 Å². The predicted octanol–water partition coefficient (Wildman–Crippen LogP) is 3.32. The van der Waals surface area contributed by atoms with Gasteiger partial charge in [0.2, 0.25) is 0 Å². The first-order chi connectivity index (χ1) is 23.5. The summed E-state index contributed by atoms with van der Waals surface area (Å²) in [6.07, 6.45) is 5.12. The Morgan fingerprint density at radius 3 is 1.37 bits per heavy atom. The standard InChI is InChI=1S/C34H18Cl2N8O5/c1-17-23(13-37)31(45)43(41-15-19-3-7-21(35)8-4-19)33(47)25(17)29-27-28(40-12-11-39-27)30(49-29)26-18(2)24(14-38)32(46)44(34(26)48)42-16-20-5-9-22(36)10-6-20/h3-12,15-16H,1-2H3. The SMILES string of the molecule is CC1=C(C#N)C(=O)N(N=Cc2ccc(Cl)cc2)C(=O)C1=c1oc(=C2C(=O)N(N=Cc3ccc(Cl)cc3)C(=O)C(C#N)=C2C)c2nccnc12. The van der Waals surface area contributed by atoms with Crippen LogP contribution >= 0.6 is 23.2 Å². The zero-order valence-corrected chi connectivity index (χ0v) is 26.8. The molecule has 4 aromatic rings. The number of halogens is 2. The lowest BCUT2D eigenvalue weighted by atomic mass is 9.96. The third kappa shape index (κ3) is 5.70. The van der Waals surface area contributed by atoms with Crippen LogP contribution in [-0.2, 0) is 19.2 Å². The molecule has 0 saturated heterocycles. The van der Waals surface area contributed by atoms with Gasteiger partial charge in [-0.05, 0) is 60.4 Å². The van der Waals surface area contributed by atoms with Crippen molar-refractivity contribution in [2.24, 2.45) is 10.2 Å². The van der Waals surface area contributed by atoms with Gasteiger partial charge in [-0.25, -0.2) is 9.97 Å². The Balaban J connectivity index is 1.61. The van der Waals surface area contributed by atoms with Crippen molar-refractivity contribution in [1.29, 1.82) is 10.5 Å². The van der Waals surface area contributed by atoms with Gasteiger partial charge in [0.25, 0.3) is 23.6 Å². The fourth-order valence-corrected chi connectivity index (χ4v) is 5.31. The second-order valence-electron chi connectivity index (χ2n) is 10.4. The Kier molecular flexibility index (Phi) is 8.55. The van der Waals surface area contributed by atoms with Gasteiger partial charge < -0.3 is 4.42 Å². The molecule has 238 valence electrons. The second-order valence-corrected chi connectivity index (χ2v) is 11.3. The molecule has 49 heavy (non-hydrogen) atoms. The van der Waals surface area contributed by atoms with Crippen molar-refractivity contribution in [2.75, 3.05) is 0 Å². The smallest absolute Gasteiger partial charge is 0.292 e. The number of amides is 4. The van der Waals surface area contributed by atoms with E-state index in [1.54, 1.807) is 48.5 Å². The molecule has 0 radical (unpaired) electrons. The number of hydrogen-bond acceptors (Lipinski definition) is 11. The van der Waals surface area contributed by atoms with Crippen LogP contribution in [0.5, 0.6) is 0 Å². The van der Waals surface area contributed by atoms with Crippen LogP contribution < -0.4 is 10.8 Å². The molecular formula is C34H18Cl2N8O5. The normalized spacial score (nSPS) is 18.0. The van der Waals surface area contributed by atoms with Gasteiger partial charge in [0, 0.05) is 22.4 Å². The minimum absolute atomic E-state index is 0.00630. The Hall–Kier alpha value is -6.54. The van der Waals surface area contributed by atoms with Crippen molar-refractivity contribution >= 4 is 81.4 Å². The second kappa shape index (κ2) is 12.9. The number of imide groups is 2. The molecule has 0 bridgehead atoms. The number of benzene rings is 2. The zero-order chi connectivity index (χ0) is 35.0. The van der Waals surface area contributed by atoms with E-state index in [0.717, 1.165) is 0 Å². The molecule has 0 saturated carbocycles. The van der Waals surface area contributed by atoms with Gasteiger partial charge in [-0.2, -0.15) is 30.7 Å². The van der Waals surface area contributed by atoms with E-state index < -0.39 is 34.8 Å². The monoisotopic (exact) mass is 688 g/mol. The fraction of sp³-hybridized carbons (Fsp3) is 0.0588. The van der Waals surface area contributed by atoms with Crippen molar-refractivity contribution in [3.63, 3.8) is 0 Å². The number of nitrogens with zero attached hydrogens (tertiary/aromatic N) is 8. The molecule has 0 atom stereocenters. The molecule has 4 amide bonds. The molecule has 15 heteroatoms. The number of fused-ring (bicyclic) bond motifs is 1. The number of furan rings is 1.